The predicted molar refractivity (Wildman–Crippen MR) is 113 cm³/mol. The van der Waals surface area contributed by atoms with Gasteiger partial charge in [-0.15, -0.1) is 0 Å². The Morgan fingerprint density at radius 1 is 1.27 bits per heavy atom. The van der Waals surface area contributed by atoms with Crippen molar-refractivity contribution in [2.75, 3.05) is 25.2 Å². The highest BCUT2D eigenvalue weighted by atomic mass is 35.5. The number of methoxy groups -OCH3 is 1. The SMILES string of the molecule is CCOC(=O)c1[nH]nc2c1C(c1cccc(Cl)c1)CN(c1ccc(OC)cc1)C2=O. The van der Waals surface area contributed by atoms with E-state index in [0.717, 1.165) is 5.56 Å². The highest BCUT2D eigenvalue weighted by Gasteiger charge is 2.39. The normalized spacial score (nSPS) is 15.6. The first-order chi connectivity index (χ1) is 14.5. The maximum absolute atomic E-state index is 13.2. The summed E-state index contributed by atoms with van der Waals surface area (Å²) in [5.41, 5.74) is 2.51. The van der Waals surface area contributed by atoms with Crippen molar-refractivity contribution in [3.63, 3.8) is 0 Å². The van der Waals surface area contributed by atoms with Crippen molar-refractivity contribution in [2.45, 2.75) is 12.8 Å². The zero-order valence-corrected chi connectivity index (χ0v) is 17.3. The van der Waals surface area contributed by atoms with Crippen molar-refractivity contribution in [2.24, 2.45) is 0 Å². The lowest BCUT2D eigenvalue weighted by Gasteiger charge is -2.32. The minimum Gasteiger partial charge on any atom is -0.497 e. The molecule has 1 amide bonds. The van der Waals surface area contributed by atoms with Gasteiger partial charge in [-0.1, -0.05) is 23.7 Å². The number of rotatable bonds is 5. The molecule has 1 atom stereocenters. The first kappa shape index (κ1) is 20.0. The number of nitrogens with one attached hydrogen (secondary N) is 1. The summed E-state index contributed by atoms with van der Waals surface area (Å²) in [5, 5.41) is 7.46. The Morgan fingerprint density at radius 3 is 2.70 bits per heavy atom. The number of carbonyl (C=O) groups is 2. The number of fused-ring (bicyclic) bond motifs is 1. The third kappa shape index (κ3) is 3.52. The van der Waals surface area contributed by atoms with Gasteiger partial charge in [0.25, 0.3) is 5.91 Å². The van der Waals surface area contributed by atoms with E-state index >= 15 is 0 Å². The van der Waals surface area contributed by atoms with Crippen molar-refractivity contribution in [3.05, 3.63) is 76.1 Å². The molecule has 1 unspecified atom stereocenters. The molecule has 0 radical (unpaired) electrons. The minimum atomic E-state index is -0.538. The van der Waals surface area contributed by atoms with E-state index in [1.807, 2.05) is 30.3 Å². The summed E-state index contributed by atoms with van der Waals surface area (Å²) >= 11 is 6.22. The summed E-state index contributed by atoms with van der Waals surface area (Å²) in [6.07, 6.45) is 0. The molecule has 1 aromatic heterocycles. The van der Waals surface area contributed by atoms with Gasteiger partial charge in [-0.3, -0.25) is 9.89 Å². The number of aromatic nitrogens is 2. The topological polar surface area (TPSA) is 84.5 Å². The fourth-order valence-electron chi connectivity index (χ4n) is 3.68. The number of carbonyl (C=O) groups excluding carboxylic acids is 2. The van der Waals surface area contributed by atoms with Crippen LogP contribution in [0.5, 0.6) is 5.75 Å². The number of hydrogen-bond donors (Lipinski definition) is 1. The number of benzene rings is 2. The molecule has 3 aromatic rings. The van der Waals surface area contributed by atoms with Crippen LogP contribution in [0.3, 0.4) is 0 Å². The van der Waals surface area contributed by atoms with Crippen molar-refractivity contribution >= 4 is 29.2 Å². The maximum atomic E-state index is 13.2. The van der Waals surface area contributed by atoms with Crippen LogP contribution in [-0.4, -0.2) is 42.3 Å². The molecule has 7 nitrogen and oxygen atoms in total. The number of aromatic amines is 1. The number of esters is 1. The van der Waals surface area contributed by atoms with Gasteiger partial charge >= 0.3 is 5.97 Å². The molecule has 1 N–H and O–H groups in total. The van der Waals surface area contributed by atoms with Crippen LogP contribution < -0.4 is 9.64 Å². The molecule has 154 valence electrons. The second-order valence-electron chi connectivity index (χ2n) is 6.80. The standard InChI is InChI=1S/C22H20ClN3O4/c1-3-30-22(28)20-18-17(13-5-4-6-14(23)11-13)12-26(21(27)19(18)24-25-20)15-7-9-16(29-2)10-8-15/h4-11,17H,3,12H2,1-2H3,(H,24,25). The van der Waals surface area contributed by atoms with E-state index in [1.165, 1.54) is 0 Å². The summed E-state index contributed by atoms with van der Waals surface area (Å²) in [6.45, 7) is 2.27. The van der Waals surface area contributed by atoms with Crippen LogP contribution in [0.2, 0.25) is 5.02 Å². The number of H-pyrrole nitrogens is 1. The number of halogens is 1. The van der Waals surface area contributed by atoms with Gasteiger partial charge in [-0.25, -0.2) is 4.79 Å². The summed E-state index contributed by atoms with van der Waals surface area (Å²) in [6, 6.07) is 14.6. The Morgan fingerprint density at radius 2 is 2.03 bits per heavy atom. The third-order valence-corrected chi connectivity index (χ3v) is 5.32. The summed E-state index contributed by atoms with van der Waals surface area (Å²) in [7, 11) is 1.59. The molecule has 1 aliphatic heterocycles. The van der Waals surface area contributed by atoms with Gasteiger partial charge in [0.15, 0.2) is 5.69 Å². The highest BCUT2D eigenvalue weighted by Crippen LogP contribution is 2.38. The van der Waals surface area contributed by atoms with E-state index in [2.05, 4.69) is 10.2 Å². The van der Waals surface area contributed by atoms with Crippen LogP contribution in [0, 0.1) is 0 Å². The van der Waals surface area contributed by atoms with Crippen molar-refractivity contribution < 1.29 is 19.1 Å². The van der Waals surface area contributed by atoms with Crippen LogP contribution in [0.15, 0.2) is 48.5 Å². The van der Waals surface area contributed by atoms with Crippen LogP contribution in [0.25, 0.3) is 0 Å². The van der Waals surface area contributed by atoms with Crippen LogP contribution >= 0.6 is 11.6 Å². The first-order valence-corrected chi connectivity index (χ1v) is 9.88. The Balaban J connectivity index is 1.83. The smallest absolute Gasteiger partial charge is 0.356 e. The molecular formula is C22H20ClN3O4. The number of anilines is 1. The van der Waals surface area contributed by atoms with Gasteiger partial charge in [-0.05, 0) is 48.9 Å². The summed E-state index contributed by atoms with van der Waals surface area (Å²) in [4.78, 5) is 27.4. The lowest BCUT2D eigenvalue weighted by molar-refractivity contribution is 0.0518. The van der Waals surface area contributed by atoms with Gasteiger partial charge in [0.2, 0.25) is 0 Å². The lowest BCUT2D eigenvalue weighted by atomic mass is 9.85. The van der Waals surface area contributed by atoms with Gasteiger partial charge in [0.1, 0.15) is 11.4 Å². The van der Waals surface area contributed by atoms with Gasteiger partial charge < -0.3 is 14.4 Å². The average Bonchev–Trinajstić information content (AvgIpc) is 3.20. The molecule has 8 heteroatoms. The van der Waals surface area contributed by atoms with Crippen LogP contribution in [0.1, 0.15) is 44.9 Å². The van der Waals surface area contributed by atoms with E-state index in [-0.39, 0.29) is 29.8 Å². The van der Waals surface area contributed by atoms with E-state index in [9.17, 15) is 9.59 Å². The van der Waals surface area contributed by atoms with Crippen LogP contribution in [0.4, 0.5) is 5.69 Å². The Labute approximate surface area is 178 Å². The number of nitrogens with zero attached hydrogens (tertiary/aromatic N) is 2. The minimum absolute atomic E-state index is 0.194. The molecule has 30 heavy (non-hydrogen) atoms. The molecule has 0 saturated heterocycles. The van der Waals surface area contributed by atoms with Crippen LogP contribution in [-0.2, 0) is 4.74 Å². The monoisotopic (exact) mass is 425 g/mol. The average molecular weight is 426 g/mol. The van der Waals surface area contributed by atoms with Gasteiger partial charge in [0.05, 0.1) is 13.7 Å². The first-order valence-electron chi connectivity index (χ1n) is 9.50. The second kappa shape index (κ2) is 8.20. The Bertz CT molecular complexity index is 1090. The molecule has 0 fully saturated rings. The maximum Gasteiger partial charge on any atom is 0.356 e. The number of hydrogen-bond acceptors (Lipinski definition) is 5. The highest BCUT2D eigenvalue weighted by molar-refractivity contribution is 6.30. The Hall–Kier alpha value is -3.32. The van der Waals surface area contributed by atoms with E-state index in [0.29, 0.717) is 28.6 Å². The molecule has 0 saturated carbocycles. The fraction of sp³-hybridized carbons (Fsp3) is 0.227. The summed E-state index contributed by atoms with van der Waals surface area (Å²) in [5.74, 6) is -0.444. The summed E-state index contributed by atoms with van der Waals surface area (Å²) < 4.78 is 10.4. The zero-order chi connectivity index (χ0) is 21.3. The van der Waals surface area contributed by atoms with Crippen molar-refractivity contribution in [1.82, 2.24) is 10.2 Å². The number of amides is 1. The van der Waals surface area contributed by atoms with E-state index in [1.54, 1.807) is 37.1 Å². The molecule has 4 rings (SSSR count). The molecular weight excluding hydrogens is 406 g/mol. The fourth-order valence-corrected chi connectivity index (χ4v) is 3.88. The quantitative estimate of drug-likeness (QED) is 0.623. The molecule has 0 spiro atoms. The third-order valence-electron chi connectivity index (χ3n) is 5.08. The molecule has 2 aromatic carbocycles. The van der Waals surface area contributed by atoms with Gasteiger partial charge in [0, 0.05) is 28.7 Å². The molecule has 0 bridgehead atoms. The van der Waals surface area contributed by atoms with E-state index < -0.39 is 5.97 Å². The molecule has 0 aliphatic carbocycles. The lowest BCUT2D eigenvalue weighted by Crippen LogP contribution is -2.40. The largest absolute Gasteiger partial charge is 0.497 e. The Kier molecular flexibility index (Phi) is 5.46. The number of ether oxygens (including phenoxy) is 2. The second-order valence-corrected chi connectivity index (χ2v) is 7.24. The van der Waals surface area contributed by atoms with Crippen molar-refractivity contribution in [3.8, 4) is 5.75 Å². The zero-order valence-electron chi connectivity index (χ0n) is 16.5. The molecule has 1 aliphatic rings. The van der Waals surface area contributed by atoms with Gasteiger partial charge in [-0.2, -0.15) is 5.10 Å². The molecule has 2 heterocycles. The van der Waals surface area contributed by atoms with Crippen molar-refractivity contribution in [1.29, 1.82) is 0 Å². The van der Waals surface area contributed by atoms with E-state index in [4.69, 9.17) is 21.1 Å². The predicted octanol–water partition coefficient (Wildman–Crippen LogP) is 4.04.